The largest absolute Gasteiger partial charge is 0.497 e. The molecule has 0 aliphatic rings. The standard InChI is InChI=1S/C20H21N3O4/c1-25-16-7-3-5-14(11-16)9-10-18(24)21-13-19-22-23-20(27-19)15-6-4-8-17(12-15)26-2/h3-8,11-12H,9-10,13H2,1-2H3,(H,21,24). The molecule has 7 nitrogen and oxygen atoms in total. The van der Waals surface area contributed by atoms with Crippen molar-refractivity contribution in [1.82, 2.24) is 15.5 Å². The van der Waals surface area contributed by atoms with Gasteiger partial charge in [-0.2, -0.15) is 0 Å². The van der Waals surface area contributed by atoms with Crippen LogP contribution < -0.4 is 14.8 Å². The van der Waals surface area contributed by atoms with E-state index in [1.165, 1.54) is 0 Å². The normalized spacial score (nSPS) is 10.4. The van der Waals surface area contributed by atoms with Crippen molar-refractivity contribution in [2.24, 2.45) is 0 Å². The molecule has 140 valence electrons. The van der Waals surface area contributed by atoms with E-state index in [2.05, 4.69) is 15.5 Å². The van der Waals surface area contributed by atoms with E-state index in [4.69, 9.17) is 13.9 Å². The molecule has 27 heavy (non-hydrogen) atoms. The summed E-state index contributed by atoms with van der Waals surface area (Å²) in [5.74, 6) is 2.14. The predicted octanol–water partition coefficient (Wildman–Crippen LogP) is 3.00. The average molecular weight is 367 g/mol. The Hall–Kier alpha value is -3.35. The Morgan fingerprint density at radius 3 is 2.56 bits per heavy atom. The van der Waals surface area contributed by atoms with E-state index in [0.29, 0.717) is 30.4 Å². The van der Waals surface area contributed by atoms with Crippen LogP contribution in [-0.4, -0.2) is 30.3 Å². The Balaban J connectivity index is 1.51. The Morgan fingerprint density at radius 1 is 1.04 bits per heavy atom. The van der Waals surface area contributed by atoms with Gasteiger partial charge in [0.1, 0.15) is 11.5 Å². The third-order valence-electron chi connectivity index (χ3n) is 4.00. The first-order valence-corrected chi connectivity index (χ1v) is 8.54. The van der Waals surface area contributed by atoms with Gasteiger partial charge in [0.2, 0.25) is 17.7 Å². The van der Waals surface area contributed by atoms with E-state index in [1.807, 2.05) is 48.5 Å². The van der Waals surface area contributed by atoms with E-state index >= 15 is 0 Å². The third kappa shape index (κ3) is 5.07. The molecule has 0 saturated heterocycles. The first-order chi connectivity index (χ1) is 13.2. The second-order valence-corrected chi connectivity index (χ2v) is 5.86. The fourth-order valence-corrected chi connectivity index (χ4v) is 2.55. The molecule has 1 N–H and O–H groups in total. The molecule has 1 aromatic heterocycles. The quantitative estimate of drug-likeness (QED) is 0.659. The summed E-state index contributed by atoms with van der Waals surface area (Å²) in [6.07, 6.45) is 0.992. The highest BCUT2D eigenvalue weighted by Gasteiger charge is 2.11. The van der Waals surface area contributed by atoms with E-state index in [0.717, 1.165) is 16.9 Å². The molecule has 3 aromatic rings. The molecule has 3 rings (SSSR count). The van der Waals surface area contributed by atoms with Gasteiger partial charge < -0.3 is 19.2 Å². The van der Waals surface area contributed by atoms with Crippen LogP contribution in [0, 0.1) is 0 Å². The predicted molar refractivity (Wildman–Crippen MR) is 99.4 cm³/mol. The zero-order valence-electron chi connectivity index (χ0n) is 15.3. The van der Waals surface area contributed by atoms with Crippen molar-refractivity contribution < 1.29 is 18.7 Å². The fraction of sp³-hybridized carbons (Fsp3) is 0.250. The van der Waals surface area contributed by atoms with Crippen LogP contribution in [0.2, 0.25) is 0 Å². The van der Waals surface area contributed by atoms with Crippen LogP contribution in [-0.2, 0) is 17.8 Å². The molecule has 1 amide bonds. The van der Waals surface area contributed by atoms with Gasteiger partial charge in [-0.1, -0.05) is 18.2 Å². The van der Waals surface area contributed by atoms with Crippen molar-refractivity contribution in [2.45, 2.75) is 19.4 Å². The van der Waals surface area contributed by atoms with Gasteiger partial charge in [-0.25, -0.2) is 0 Å². The zero-order valence-corrected chi connectivity index (χ0v) is 15.3. The maximum absolute atomic E-state index is 12.1. The molecule has 0 radical (unpaired) electrons. The average Bonchev–Trinajstić information content (AvgIpc) is 3.20. The molecule has 0 atom stereocenters. The fourth-order valence-electron chi connectivity index (χ4n) is 2.55. The lowest BCUT2D eigenvalue weighted by Crippen LogP contribution is -2.23. The molecule has 1 heterocycles. The van der Waals surface area contributed by atoms with Crippen LogP contribution in [0.1, 0.15) is 17.9 Å². The monoisotopic (exact) mass is 367 g/mol. The van der Waals surface area contributed by atoms with Crippen molar-refractivity contribution >= 4 is 5.91 Å². The second-order valence-electron chi connectivity index (χ2n) is 5.86. The van der Waals surface area contributed by atoms with Gasteiger partial charge in [0, 0.05) is 12.0 Å². The lowest BCUT2D eigenvalue weighted by molar-refractivity contribution is -0.121. The van der Waals surface area contributed by atoms with Crippen molar-refractivity contribution in [3.05, 3.63) is 60.0 Å². The summed E-state index contributed by atoms with van der Waals surface area (Å²) in [5.41, 5.74) is 1.81. The van der Waals surface area contributed by atoms with Crippen LogP contribution >= 0.6 is 0 Å². The summed E-state index contributed by atoms with van der Waals surface area (Å²) in [4.78, 5) is 12.1. The van der Waals surface area contributed by atoms with Gasteiger partial charge in [0.05, 0.1) is 20.8 Å². The number of hydrogen-bond donors (Lipinski definition) is 1. The number of aromatic nitrogens is 2. The van der Waals surface area contributed by atoms with E-state index < -0.39 is 0 Å². The second kappa shape index (κ2) is 8.84. The Kier molecular flexibility index (Phi) is 6.04. The number of hydrogen-bond acceptors (Lipinski definition) is 6. The number of amides is 1. The summed E-state index contributed by atoms with van der Waals surface area (Å²) in [6, 6.07) is 15.0. The summed E-state index contributed by atoms with van der Waals surface area (Å²) in [6.45, 7) is 0.188. The molecule has 0 spiro atoms. The Labute approximate surface area is 157 Å². The lowest BCUT2D eigenvalue weighted by atomic mass is 10.1. The minimum Gasteiger partial charge on any atom is -0.497 e. The third-order valence-corrected chi connectivity index (χ3v) is 4.00. The van der Waals surface area contributed by atoms with Crippen LogP contribution in [0.3, 0.4) is 0 Å². The van der Waals surface area contributed by atoms with Gasteiger partial charge >= 0.3 is 0 Å². The van der Waals surface area contributed by atoms with Crippen molar-refractivity contribution in [3.63, 3.8) is 0 Å². The summed E-state index contributed by atoms with van der Waals surface area (Å²) < 4.78 is 16.0. The highest BCUT2D eigenvalue weighted by molar-refractivity contribution is 5.76. The SMILES string of the molecule is COc1cccc(CCC(=O)NCc2nnc(-c3cccc(OC)c3)o2)c1. The Bertz CT molecular complexity index is 908. The van der Waals surface area contributed by atoms with Crippen molar-refractivity contribution in [1.29, 1.82) is 0 Å². The van der Waals surface area contributed by atoms with Gasteiger partial charge in [0.25, 0.3) is 0 Å². The number of carbonyl (C=O) groups is 1. The topological polar surface area (TPSA) is 86.5 Å². The van der Waals surface area contributed by atoms with Crippen molar-refractivity contribution in [2.75, 3.05) is 14.2 Å². The smallest absolute Gasteiger partial charge is 0.247 e. The number of aryl methyl sites for hydroxylation is 1. The van der Waals surface area contributed by atoms with Crippen LogP contribution in [0.15, 0.2) is 52.9 Å². The maximum atomic E-state index is 12.1. The van der Waals surface area contributed by atoms with Gasteiger partial charge in [0.15, 0.2) is 0 Å². The summed E-state index contributed by atoms with van der Waals surface area (Å²) in [5, 5.41) is 10.8. The highest BCUT2D eigenvalue weighted by Crippen LogP contribution is 2.22. The highest BCUT2D eigenvalue weighted by atomic mass is 16.5. The molecule has 0 aliphatic heterocycles. The minimum atomic E-state index is -0.0843. The number of nitrogens with one attached hydrogen (secondary N) is 1. The van der Waals surface area contributed by atoms with Crippen molar-refractivity contribution in [3.8, 4) is 23.0 Å². The van der Waals surface area contributed by atoms with E-state index in [-0.39, 0.29) is 12.5 Å². The van der Waals surface area contributed by atoms with Gasteiger partial charge in [-0.3, -0.25) is 4.79 Å². The first-order valence-electron chi connectivity index (χ1n) is 8.54. The number of benzene rings is 2. The number of carbonyl (C=O) groups excluding carboxylic acids is 1. The molecular formula is C20H21N3O4. The minimum absolute atomic E-state index is 0.0843. The number of methoxy groups -OCH3 is 2. The molecule has 0 saturated carbocycles. The molecule has 0 unspecified atom stereocenters. The lowest BCUT2D eigenvalue weighted by Gasteiger charge is -2.05. The molecule has 0 bridgehead atoms. The first kappa shape index (κ1) is 18.4. The molecule has 0 fully saturated rings. The molecule has 2 aromatic carbocycles. The van der Waals surface area contributed by atoms with Crippen LogP contribution in [0.25, 0.3) is 11.5 Å². The Morgan fingerprint density at radius 2 is 1.78 bits per heavy atom. The number of rotatable bonds is 8. The van der Waals surface area contributed by atoms with E-state index in [9.17, 15) is 4.79 Å². The van der Waals surface area contributed by atoms with Gasteiger partial charge in [-0.15, -0.1) is 10.2 Å². The zero-order chi connectivity index (χ0) is 19.1. The summed E-state index contributed by atoms with van der Waals surface area (Å²) in [7, 11) is 3.22. The van der Waals surface area contributed by atoms with Crippen LogP contribution in [0.4, 0.5) is 0 Å². The molecular weight excluding hydrogens is 346 g/mol. The van der Waals surface area contributed by atoms with Gasteiger partial charge in [-0.05, 0) is 42.3 Å². The summed E-state index contributed by atoms with van der Waals surface area (Å²) >= 11 is 0. The number of ether oxygens (including phenoxy) is 2. The maximum Gasteiger partial charge on any atom is 0.247 e. The van der Waals surface area contributed by atoms with E-state index in [1.54, 1.807) is 14.2 Å². The number of nitrogens with zero attached hydrogens (tertiary/aromatic N) is 2. The molecule has 7 heteroatoms. The molecule has 0 aliphatic carbocycles. The van der Waals surface area contributed by atoms with Crippen LogP contribution in [0.5, 0.6) is 11.5 Å².